The van der Waals surface area contributed by atoms with E-state index < -0.39 is 15.9 Å². The molecule has 0 unspecified atom stereocenters. The molecule has 0 fully saturated rings. The number of rotatable bonds is 7. The molecule has 3 heterocycles. The summed E-state index contributed by atoms with van der Waals surface area (Å²) in [5.41, 5.74) is 0.828. The van der Waals surface area contributed by atoms with Gasteiger partial charge in [-0.3, -0.25) is 19.3 Å². The minimum Gasteiger partial charge on any atom is -0.306 e. The van der Waals surface area contributed by atoms with E-state index in [0.29, 0.717) is 29.8 Å². The van der Waals surface area contributed by atoms with Crippen LogP contribution in [0.2, 0.25) is 0 Å². The quantitative estimate of drug-likeness (QED) is 0.403. The normalized spacial score (nSPS) is 11.9. The minimum absolute atomic E-state index is 0.111. The van der Waals surface area contributed by atoms with Crippen LogP contribution >= 0.6 is 0 Å². The number of sulfonamides is 1. The molecule has 4 aromatic rings. The fraction of sp³-hybridized carbons (Fsp3) is 0.286. The first-order chi connectivity index (χ1) is 16.1. The average molecular weight is 485 g/mol. The number of nitrogens with one attached hydrogen (secondary N) is 2. The lowest BCUT2D eigenvalue weighted by molar-refractivity contribution is 0.102. The number of aromatic nitrogens is 6. The highest BCUT2D eigenvalue weighted by Gasteiger charge is 2.22. The highest BCUT2D eigenvalue weighted by Crippen LogP contribution is 2.19. The highest BCUT2D eigenvalue weighted by molar-refractivity contribution is 7.89. The lowest BCUT2D eigenvalue weighted by atomic mass is 10.2. The van der Waals surface area contributed by atoms with E-state index >= 15 is 0 Å². The highest BCUT2D eigenvalue weighted by atomic mass is 32.2. The Morgan fingerprint density at radius 3 is 2.50 bits per heavy atom. The first-order valence-corrected chi connectivity index (χ1v) is 12.0. The number of amides is 1. The van der Waals surface area contributed by atoms with Crippen molar-refractivity contribution in [2.75, 3.05) is 18.4 Å². The zero-order valence-electron chi connectivity index (χ0n) is 19.1. The van der Waals surface area contributed by atoms with E-state index in [1.165, 1.54) is 44.1 Å². The van der Waals surface area contributed by atoms with Crippen LogP contribution in [0.4, 0.5) is 5.82 Å². The molecule has 2 N–H and O–H groups in total. The summed E-state index contributed by atoms with van der Waals surface area (Å²) in [6, 6.07) is 7.33. The molecular formula is C21H24N8O4S. The van der Waals surface area contributed by atoms with Crippen molar-refractivity contribution in [1.29, 1.82) is 0 Å². The summed E-state index contributed by atoms with van der Waals surface area (Å²) in [4.78, 5) is 32.5. The van der Waals surface area contributed by atoms with Crippen LogP contribution in [0.15, 0.2) is 46.2 Å². The van der Waals surface area contributed by atoms with Gasteiger partial charge in [-0.05, 0) is 31.2 Å². The van der Waals surface area contributed by atoms with Gasteiger partial charge in [0.1, 0.15) is 11.2 Å². The van der Waals surface area contributed by atoms with Crippen molar-refractivity contribution in [2.24, 2.45) is 7.05 Å². The number of aromatic amines is 1. The van der Waals surface area contributed by atoms with Crippen molar-refractivity contribution in [3.63, 3.8) is 0 Å². The van der Waals surface area contributed by atoms with Crippen molar-refractivity contribution < 1.29 is 13.2 Å². The molecule has 0 atom stereocenters. The Labute approximate surface area is 195 Å². The van der Waals surface area contributed by atoms with Crippen molar-refractivity contribution in [2.45, 2.75) is 25.7 Å². The molecule has 0 spiro atoms. The Morgan fingerprint density at radius 1 is 1.18 bits per heavy atom. The summed E-state index contributed by atoms with van der Waals surface area (Å²) in [7, 11) is -1.96. The molecule has 0 aliphatic heterocycles. The molecule has 34 heavy (non-hydrogen) atoms. The predicted molar refractivity (Wildman–Crippen MR) is 125 cm³/mol. The van der Waals surface area contributed by atoms with Crippen molar-refractivity contribution in [3.05, 3.63) is 58.1 Å². The SMILES string of the molecule is CCN(CC)S(=O)(=O)c1ccc(C(=O)Nc2cc(C)nn2-c2nc3c(cnn3C)c(=O)[nH]2)cc1. The molecule has 1 aromatic carbocycles. The topological polar surface area (TPSA) is 148 Å². The third kappa shape index (κ3) is 4.10. The number of H-pyrrole nitrogens is 1. The van der Waals surface area contributed by atoms with E-state index in [0.717, 1.165) is 0 Å². The average Bonchev–Trinajstić information content (AvgIpc) is 3.37. The van der Waals surface area contributed by atoms with E-state index in [9.17, 15) is 18.0 Å². The van der Waals surface area contributed by atoms with Crippen LogP contribution in [-0.2, 0) is 17.1 Å². The van der Waals surface area contributed by atoms with E-state index in [4.69, 9.17) is 0 Å². The van der Waals surface area contributed by atoms with Gasteiger partial charge in [0.25, 0.3) is 11.5 Å². The molecule has 0 aliphatic carbocycles. The van der Waals surface area contributed by atoms with E-state index in [1.807, 2.05) is 0 Å². The molecule has 13 heteroatoms. The van der Waals surface area contributed by atoms with E-state index in [1.54, 1.807) is 33.9 Å². The number of hydrogen-bond acceptors (Lipinski definition) is 7. The summed E-state index contributed by atoms with van der Waals surface area (Å²) in [5.74, 6) is -0.0749. The number of carbonyl (C=O) groups excluding carboxylic acids is 1. The number of carbonyl (C=O) groups is 1. The third-order valence-electron chi connectivity index (χ3n) is 5.32. The van der Waals surface area contributed by atoms with Crippen molar-refractivity contribution in [3.8, 4) is 5.95 Å². The van der Waals surface area contributed by atoms with Crippen LogP contribution in [0.3, 0.4) is 0 Å². The largest absolute Gasteiger partial charge is 0.306 e. The van der Waals surface area contributed by atoms with E-state index in [2.05, 4.69) is 25.5 Å². The van der Waals surface area contributed by atoms with Gasteiger partial charge < -0.3 is 5.32 Å². The monoisotopic (exact) mass is 484 g/mol. The first kappa shape index (κ1) is 23.3. The van der Waals surface area contributed by atoms with Gasteiger partial charge in [-0.1, -0.05) is 13.8 Å². The van der Waals surface area contributed by atoms with Crippen LogP contribution in [0.1, 0.15) is 29.9 Å². The predicted octanol–water partition coefficient (Wildman–Crippen LogP) is 1.43. The van der Waals surface area contributed by atoms with Crippen LogP contribution in [0.5, 0.6) is 0 Å². The Bertz CT molecular complexity index is 1530. The number of hydrogen-bond donors (Lipinski definition) is 2. The zero-order valence-corrected chi connectivity index (χ0v) is 19.9. The third-order valence-corrected chi connectivity index (χ3v) is 7.39. The second-order valence-electron chi connectivity index (χ2n) is 7.55. The van der Waals surface area contributed by atoms with Crippen LogP contribution in [0, 0.1) is 6.92 Å². The standard InChI is InChI=1S/C21H24N8O4S/c1-5-28(6-2)34(32,33)15-9-7-14(8-10-15)19(30)23-17-11-13(3)26-29(17)21-24-18-16(20(31)25-21)12-22-27(18)4/h7-12H,5-6H2,1-4H3,(H,23,30)(H,24,25,31). The van der Waals surface area contributed by atoms with E-state index in [-0.39, 0.29) is 27.8 Å². The molecule has 0 saturated carbocycles. The van der Waals surface area contributed by atoms with Gasteiger partial charge >= 0.3 is 0 Å². The first-order valence-electron chi connectivity index (χ1n) is 10.6. The molecule has 1 amide bonds. The van der Waals surface area contributed by atoms with Crippen LogP contribution in [0.25, 0.3) is 17.0 Å². The molecule has 0 bridgehead atoms. The Hall–Kier alpha value is -3.84. The zero-order chi connectivity index (χ0) is 24.6. The summed E-state index contributed by atoms with van der Waals surface area (Å²) < 4.78 is 29.5. The molecule has 12 nitrogen and oxygen atoms in total. The fourth-order valence-corrected chi connectivity index (χ4v) is 5.01. The van der Waals surface area contributed by atoms with Crippen molar-refractivity contribution >= 4 is 32.8 Å². The summed E-state index contributed by atoms with van der Waals surface area (Å²) >= 11 is 0. The van der Waals surface area contributed by atoms with Gasteiger partial charge in [0.15, 0.2) is 5.65 Å². The number of nitrogens with zero attached hydrogens (tertiary/aromatic N) is 6. The molecule has 0 saturated heterocycles. The number of fused-ring (bicyclic) bond motifs is 1. The van der Waals surface area contributed by atoms with Gasteiger partial charge in [-0.2, -0.15) is 24.2 Å². The molecule has 0 radical (unpaired) electrons. The molecular weight excluding hydrogens is 460 g/mol. The Kier molecular flexibility index (Phi) is 6.06. The second-order valence-corrected chi connectivity index (χ2v) is 9.48. The van der Waals surface area contributed by atoms with Gasteiger partial charge in [0.2, 0.25) is 16.0 Å². The van der Waals surface area contributed by atoms with Gasteiger partial charge in [0.05, 0.1) is 16.8 Å². The summed E-state index contributed by atoms with van der Waals surface area (Å²) in [5, 5.41) is 11.4. The second kappa shape index (κ2) is 8.83. The lowest BCUT2D eigenvalue weighted by Gasteiger charge is -2.18. The number of anilines is 1. The van der Waals surface area contributed by atoms with Crippen LogP contribution < -0.4 is 10.9 Å². The molecule has 0 aliphatic rings. The smallest absolute Gasteiger partial charge is 0.263 e. The van der Waals surface area contributed by atoms with Crippen LogP contribution in [-0.4, -0.2) is 61.2 Å². The fourth-order valence-electron chi connectivity index (χ4n) is 3.55. The number of benzene rings is 1. The molecule has 178 valence electrons. The Balaban J connectivity index is 1.63. The maximum absolute atomic E-state index is 12.9. The lowest BCUT2D eigenvalue weighted by Crippen LogP contribution is -2.30. The van der Waals surface area contributed by atoms with Gasteiger partial charge in [0, 0.05) is 31.8 Å². The number of aryl methyl sites for hydroxylation is 2. The molecule has 4 rings (SSSR count). The van der Waals surface area contributed by atoms with Gasteiger partial charge in [-0.15, -0.1) is 0 Å². The van der Waals surface area contributed by atoms with Crippen molar-refractivity contribution in [1.82, 2.24) is 33.8 Å². The summed E-state index contributed by atoms with van der Waals surface area (Å²) in [6.45, 7) is 5.97. The Morgan fingerprint density at radius 2 is 1.85 bits per heavy atom. The molecule has 3 aromatic heterocycles. The summed E-state index contributed by atoms with van der Waals surface area (Å²) in [6.07, 6.45) is 1.42. The van der Waals surface area contributed by atoms with Gasteiger partial charge in [-0.25, -0.2) is 8.42 Å². The maximum Gasteiger partial charge on any atom is 0.263 e. The minimum atomic E-state index is -3.62. The maximum atomic E-state index is 12.9.